The molecule has 1 N–H and O–H groups in total. The van der Waals surface area contributed by atoms with E-state index in [9.17, 15) is 5.11 Å². The molecular weight excluding hydrogens is 368 g/mol. The van der Waals surface area contributed by atoms with Gasteiger partial charge in [-0.15, -0.1) is 12.4 Å². The fraction of sp³-hybridized carbons (Fsp3) is 0.750. The first-order chi connectivity index (χ1) is 12.6. The summed E-state index contributed by atoms with van der Waals surface area (Å²) in [6, 6.07) is 9.16. The number of para-hydroxylation sites is 1. The third kappa shape index (κ3) is 5.04. The Bertz CT molecular complexity index is 659. The molecule has 158 valence electrons. The molecule has 3 aliphatic rings. The van der Waals surface area contributed by atoms with Crippen LogP contribution in [0.15, 0.2) is 24.3 Å². The van der Waals surface area contributed by atoms with Gasteiger partial charge in [0.15, 0.2) is 0 Å². The number of halogens is 1. The van der Waals surface area contributed by atoms with E-state index in [1.807, 2.05) is 0 Å². The summed E-state index contributed by atoms with van der Waals surface area (Å²) < 4.78 is 0. The Kier molecular flexibility index (Phi) is 6.12. The summed E-state index contributed by atoms with van der Waals surface area (Å²) in [5, 5.41) is 10.2. The molecule has 28 heavy (non-hydrogen) atoms. The molecule has 1 saturated heterocycles. The van der Waals surface area contributed by atoms with Crippen molar-refractivity contribution in [2.75, 3.05) is 37.6 Å². The van der Waals surface area contributed by atoms with Crippen molar-refractivity contribution >= 4 is 18.1 Å². The van der Waals surface area contributed by atoms with Gasteiger partial charge in [0.05, 0.1) is 5.60 Å². The van der Waals surface area contributed by atoms with E-state index in [1.54, 1.807) is 5.56 Å². The number of hydrogen-bond acceptors (Lipinski definition) is 3. The average molecular weight is 407 g/mol. The number of piperazine rings is 1. The van der Waals surface area contributed by atoms with Gasteiger partial charge in [0.2, 0.25) is 0 Å². The summed E-state index contributed by atoms with van der Waals surface area (Å²) in [5.74, 6) is 0.658. The highest BCUT2D eigenvalue weighted by molar-refractivity contribution is 5.85. The Labute approximate surface area is 177 Å². The monoisotopic (exact) mass is 406 g/mol. The van der Waals surface area contributed by atoms with Gasteiger partial charge in [0.1, 0.15) is 0 Å². The van der Waals surface area contributed by atoms with Crippen LogP contribution < -0.4 is 4.90 Å². The first-order valence-corrected chi connectivity index (χ1v) is 10.9. The highest BCUT2D eigenvalue weighted by Crippen LogP contribution is 2.53. The molecule has 4 heteroatoms. The van der Waals surface area contributed by atoms with Crippen molar-refractivity contribution in [3.8, 4) is 0 Å². The smallest absolute Gasteiger partial charge is 0.0776 e. The fourth-order valence-corrected chi connectivity index (χ4v) is 6.05. The first-order valence-electron chi connectivity index (χ1n) is 10.9. The number of aliphatic hydroxyl groups is 1. The Morgan fingerprint density at radius 1 is 0.929 bits per heavy atom. The molecule has 0 aromatic heterocycles. The van der Waals surface area contributed by atoms with Crippen molar-refractivity contribution in [2.45, 2.75) is 71.3 Å². The Morgan fingerprint density at radius 3 is 2.07 bits per heavy atom. The quantitative estimate of drug-likeness (QED) is 0.755. The van der Waals surface area contributed by atoms with Crippen molar-refractivity contribution in [1.82, 2.24) is 4.90 Å². The van der Waals surface area contributed by atoms with Gasteiger partial charge in [-0.1, -0.05) is 45.9 Å². The minimum Gasteiger partial charge on any atom is -0.389 e. The molecule has 2 saturated carbocycles. The van der Waals surface area contributed by atoms with E-state index in [0.717, 1.165) is 45.6 Å². The average Bonchev–Trinajstić information content (AvgIpc) is 3.30. The zero-order valence-corrected chi connectivity index (χ0v) is 19.0. The van der Waals surface area contributed by atoms with E-state index in [1.165, 1.54) is 24.9 Å². The number of rotatable bonds is 4. The molecule has 3 nitrogen and oxygen atoms in total. The lowest BCUT2D eigenvalue weighted by molar-refractivity contribution is 0.0886. The van der Waals surface area contributed by atoms with Gasteiger partial charge in [-0.3, -0.25) is 4.90 Å². The van der Waals surface area contributed by atoms with Crippen molar-refractivity contribution in [3.63, 3.8) is 0 Å². The maximum absolute atomic E-state index is 10.2. The topological polar surface area (TPSA) is 26.7 Å². The molecule has 1 heterocycles. The Balaban J connectivity index is 0.00000225. The van der Waals surface area contributed by atoms with Crippen LogP contribution in [-0.2, 0) is 0 Å². The van der Waals surface area contributed by atoms with Crippen LogP contribution in [0.4, 0.5) is 5.69 Å². The predicted octanol–water partition coefficient (Wildman–Crippen LogP) is 5.08. The van der Waals surface area contributed by atoms with E-state index < -0.39 is 0 Å². The number of benzene rings is 1. The zero-order valence-electron chi connectivity index (χ0n) is 18.2. The second-order valence-electron chi connectivity index (χ2n) is 11.2. The Morgan fingerprint density at radius 2 is 1.50 bits per heavy atom. The van der Waals surface area contributed by atoms with Crippen LogP contribution >= 0.6 is 12.4 Å². The third-order valence-corrected chi connectivity index (χ3v) is 6.99. The second kappa shape index (κ2) is 7.81. The van der Waals surface area contributed by atoms with Crippen LogP contribution in [0.25, 0.3) is 0 Å². The van der Waals surface area contributed by atoms with Crippen LogP contribution in [0.5, 0.6) is 0 Å². The van der Waals surface area contributed by atoms with Crippen LogP contribution in [0, 0.1) is 10.8 Å². The zero-order chi connectivity index (χ0) is 19.3. The molecule has 0 bridgehead atoms. The fourth-order valence-electron chi connectivity index (χ4n) is 6.05. The molecule has 1 aromatic carbocycles. The van der Waals surface area contributed by atoms with E-state index in [0.29, 0.717) is 16.7 Å². The van der Waals surface area contributed by atoms with E-state index >= 15 is 0 Å². The van der Waals surface area contributed by atoms with Gasteiger partial charge >= 0.3 is 0 Å². The van der Waals surface area contributed by atoms with Crippen molar-refractivity contribution in [3.05, 3.63) is 29.8 Å². The van der Waals surface area contributed by atoms with Crippen LogP contribution in [0.1, 0.15) is 71.3 Å². The molecule has 0 atom stereocenters. The van der Waals surface area contributed by atoms with E-state index in [4.69, 9.17) is 0 Å². The maximum atomic E-state index is 10.2. The largest absolute Gasteiger partial charge is 0.389 e. The molecule has 1 aliphatic heterocycles. The van der Waals surface area contributed by atoms with Gasteiger partial charge in [-0.05, 0) is 60.5 Å². The van der Waals surface area contributed by atoms with Crippen LogP contribution in [-0.4, -0.2) is 48.3 Å². The third-order valence-electron chi connectivity index (χ3n) is 6.99. The van der Waals surface area contributed by atoms with Gasteiger partial charge < -0.3 is 10.0 Å². The van der Waals surface area contributed by atoms with Crippen molar-refractivity contribution < 1.29 is 5.11 Å². The molecular formula is C24H39ClN2O. The van der Waals surface area contributed by atoms with Gasteiger partial charge in [-0.25, -0.2) is 0 Å². The minimum atomic E-state index is -0.362. The lowest BCUT2D eigenvalue weighted by Crippen LogP contribution is -2.49. The number of hydrogen-bond donors (Lipinski definition) is 1. The molecule has 1 aromatic rings. The Hall–Kier alpha value is -0.770. The molecule has 0 unspecified atom stereocenters. The van der Waals surface area contributed by atoms with Crippen LogP contribution in [0.3, 0.4) is 0 Å². The summed E-state index contributed by atoms with van der Waals surface area (Å²) in [6.07, 6.45) is 5.88. The van der Waals surface area contributed by atoms with Crippen molar-refractivity contribution in [2.24, 2.45) is 10.8 Å². The van der Waals surface area contributed by atoms with Gasteiger partial charge in [0.25, 0.3) is 0 Å². The van der Waals surface area contributed by atoms with E-state index in [2.05, 4.69) is 61.8 Å². The highest BCUT2D eigenvalue weighted by Gasteiger charge is 2.42. The highest BCUT2D eigenvalue weighted by atomic mass is 35.5. The molecule has 0 amide bonds. The summed E-state index contributed by atoms with van der Waals surface area (Å²) in [5.41, 5.74) is 3.49. The minimum absolute atomic E-state index is 0. The molecule has 0 radical (unpaired) electrons. The number of β-amino-alcohol motifs (C(OH)–C–C–N with tert-alkyl or cyclic N) is 1. The summed E-state index contributed by atoms with van der Waals surface area (Å²) in [7, 11) is 0. The van der Waals surface area contributed by atoms with Crippen molar-refractivity contribution in [1.29, 1.82) is 0 Å². The second-order valence-corrected chi connectivity index (χ2v) is 11.2. The van der Waals surface area contributed by atoms with E-state index in [-0.39, 0.29) is 18.0 Å². The lowest BCUT2D eigenvalue weighted by Gasteiger charge is -2.46. The SMILES string of the molecule is CC1(C)CC(c2ccccc2N2CCN(CC3(O)CC3)CC2)CC(C)(C)C1.Cl. The predicted molar refractivity (Wildman–Crippen MR) is 121 cm³/mol. The van der Waals surface area contributed by atoms with Crippen LogP contribution in [0.2, 0.25) is 0 Å². The standard InChI is InChI=1S/C24H38N2O.ClH/c1-22(2)15-19(16-23(3,4)17-22)20-7-5-6-8-21(20)26-13-11-25(12-14-26)18-24(27)9-10-24;/h5-8,19,27H,9-18H2,1-4H3;1H. The molecule has 2 aliphatic carbocycles. The van der Waals surface area contributed by atoms with Gasteiger partial charge in [-0.2, -0.15) is 0 Å². The number of nitrogens with zero attached hydrogens (tertiary/aromatic N) is 2. The normalized spacial score (nSPS) is 26.5. The summed E-state index contributed by atoms with van der Waals surface area (Å²) in [6.45, 7) is 15.0. The molecule has 3 fully saturated rings. The number of anilines is 1. The lowest BCUT2D eigenvalue weighted by atomic mass is 9.60. The first kappa shape index (κ1) is 21.9. The molecule has 4 rings (SSSR count). The maximum Gasteiger partial charge on any atom is 0.0776 e. The molecule has 0 spiro atoms. The summed E-state index contributed by atoms with van der Waals surface area (Å²) in [4.78, 5) is 5.05. The van der Waals surface area contributed by atoms with Gasteiger partial charge in [0, 0.05) is 38.4 Å². The summed E-state index contributed by atoms with van der Waals surface area (Å²) >= 11 is 0.